The van der Waals surface area contributed by atoms with Gasteiger partial charge in [-0.1, -0.05) is 12.1 Å². The summed E-state index contributed by atoms with van der Waals surface area (Å²) < 4.78 is 7.08. The molecule has 0 aliphatic rings. The maximum atomic E-state index is 5.67. The molecule has 0 aliphatic heterocycles. The minimum atomic E-state index is 0.0770. The molecule has 2 heterocycles. The van der Waals surface area contributed by atoms with Gasteiger partial charge in [0.25, 0.3) is 5.95 Å². The van der Waals surface area contributed by atoms with E-state index in [-0.39, 0.29) is 12.0 Å². The zero-order valence-electron chi connectivity index (χ0n) is 10.8. The molecule has 0 fully saturated rings. The van der Waals surface area contributed by atoms with Gasteiger partial charge in [-0.05, 0) is 30.7 Å². The number of nitrogen functional groups attached to an aromatic ring is 1. The van der Waals surface area contributed by atoms with Gasteiger partial charge in [0.1, 0.15) is 5.75 Å². The normalized spacial score (nSPS) is 10.4. The van der Waals surface area contributed by atoms with Gasteiger partial charge in [-0.25, -0.2) is 4.68 Å². The van der Waals surface area contributed by atoms with Gasteiger partial charge in [0.2, 0.25) is 5.95 Å². The lowest BCUT2D eigenvalue weighted by Gasteiger charge is -2.06. The quantitative estimate of drug-likeness (QED) is 0.777. The van der Waals surface area contributed by atoms with Crippen molar-refractivity contribution < 1.29 is 4.74 Å². The van der Waals surface area contributed by atoms with Crippen LogP contribution in [0.15, 0.2) is 42.7 Å². The van der Waals surface area contributed by atoms with E-state index in [2.05, 4.69) is 20.1 Å². The lowest BCUT2D eigenvalue weighted by Crippen LogP contribution is -2.07. The molecule has 20 heavy (non-hydrogen) atoms. The largest absolute Gasteiger partial charge is 0.424 e. The van der Waals surface area contributed by atoms with Gasteiger partial charge in [0, 0.05) is 12.4 Å². The van der Waals surface area contributed by atoms with Crippen molar-refractivity contribution in [3.05, 3.63) is 48.3 Å². The van der Waals surface area contributed by atoms with E-state index in [1.165, 1.54) is 4.68 Å². The maximum absolute atomic E-state index is 5.67. The van der Waals surface area contributed by atoms with Crippen LogP contribution in [0.1, 0.15) is 5.56 Å². The van der Waals surface area contributed by atoms with Crippen LogP contribution in [-0.2, 0) is 0 Å². The molecule has 0 atom stereocenters. The number of hydrogen-bond acceptors (Lipinski definition) is 6. The Hall–Kier alpha value is -2.96. The molecular weight excluding hydrogens is 256 g/mol. The first-order chi connectivity index (χ1) is 9.70. The van der Waals surface area contributed by atoms with Crippen LogP contribution < -0.4 is 10.5 Å². The predicted octanol–water partition coefficient (Wildman–Crippen LogP) is 1.74. The summed E-state index contributed by atoms with van der Waals surface area (Å²) in [5, 5.41) is 4.04. The topological polar surface area (TPSA) is 91.7 Å². The van der Waals surface area contributed by atoms with Crippen LogP contribution in [0.4, 0.5) is 5.95 Å². The molecule has 0 spiro atoms. The molecule has 2 aromatic heterocycles. The molecule has 1 aromatic carbocycles. The molecule has 0 amide bonds. The minimum absolute atomic E-state index is 0.0770. The van der Waals surface area contributed by atoms with Gasteiger partial charge >= 0.3 is 6.01 Å². The molecule has 0 saturated heterocycles. The number of anilines is 1. The summed E-state index contributed by atoms with van der Waals surface area (Å²) in [6.07, 6.45) is 3.34. The molecule has 0 unspecified atom stereocenters. The van der Waals surface area contributed by atoms with E-state index in [1.54, 1.807) is 18.5 Å². The monoisotopic (exact) mass is 268 g/mol. The average Bonchev–Trinajstić information content (AvgIpc) is 2.91. The second kappa shape index (κ2) is 4.96. The highest BCUT2D eigenvalue weighted by atomic mass is 16.5. The Bertz CT molecular complexity index is 725. The number of nitrogens with zero attached hydrogens (tertiary/aromatic N) is 5. The number of aromatic nitrogens is 5. The summed E-state index contributed by atoms with van der Waals surface area (Å²) in [5.74, 6) is 1.03. The summed E-state index contributed by atoms with van der Waals surface area (Å²) in [6.45, 7) is 1.98. The van der Waals surface area contributed by atoms with Crippen LogP contribution >= 0.6 is 0 Å². The second-order valence-corrected chi connectivity index (χ2v) is 4.15. The first-order valence-electron chi connectivity index (χ1n) is 5.97. The third kappa shape index (κ3) is 2.56. The van der Waals surface area contributed by atoms with Crippen molar-refractivity contribution in [2.24, 2.45) is 0 Å². The number of benzene rings is 1. The first kappa shape index (κ1) is 12.1. The molecule has 100 valence electrons. The summed E-state index contributed by atoms with van der Waals surface area (Å²) in [5.41, 5.74) is 6.75. The van der Waals surface area contributed by atoms with E-state index in [0.717, 1.165) is 5.56 Å². The molecule has 0 radical (unpaired) electrons. The van der Waals surface area contributed by atoms with Gasteiger partial charge < -0.3 is 10.5 Å². The van der Waals surface area contributed by atoms with Crippen LogP contribution in [0.25, 0.3) is 5.95 Å². The molecule has 0 saturated carbocycles. The molecule has 7 nitrogen and oxygen atoms in total. The van der Waals surface area contributed by atoms with Crippen molar-refractivity contribution in [1.29, 1.82) is 0 Å². The Morgan fingerprint density at radius 3 is 2.80 bits per heavy atom. The molecule has 0 aliphatic carbocycles. The highest BCUT2D eigenvalue weighted by molar-refractivity contribution is 5.31. The van der Waals surface area contributed by atoms with E-state index in [1.807, 2.05) is 31.2 Å². The summed E-state index contributed by atoms with van der Waals surface area (Å²) in [4.78, 5) is 12.1. The van der Waals surface area contributed by atoms with Crippen molar-refractivity contribution in [3.63, 3.8) is 0 Å². The predicted molar refractivity (Wildman–Crippen MR) is 72.6 cm³/mol. The van der Waals surface area contributed by atoms with Crippen LogP contribution in [-0.4, -0.2) is 24.7 Å². The first-order valence-corrected chi connectivity index (χ1v) is 5.97. The second-order valence-electron chi connectivity index (χ2n) is 4.15. The zero-order valence-corrected chi connectivity index (χ0v) is 10.8. The smallest absolute Gasteiger partial charge is 0.328 e. The third-order valence-electron chi connectivity index (χ3n) is 2.53. The standard InChI is InChI=1S/C13H12N6O/c1-9-4-2-5-10(8-9)20-13-17-11(14)16-12(18-13)19-7-3-6-15-19/h2-8H,1H3,(H2,14,16,17,18). The van der Waals surface area contributed by atoms with E-state index in [4.69, 9.17) is 10.5 Å². The summed E-state index contributed by atoms with van der Waals surface area (Å²) >= 11 is 0. The van der Waals surface area contributed by atoms with Gasteiger partial charge in [0.15, 0.2) is 0 Å². The highest BCUT2D eigenvalue weighted by Crippen LogP contribution is 2.19. The van der Waals surface area contributed by atoms with E-state index in [0.29, 0.717) is 11.7 Å². The third-order valence-corrected chi connectivity index (χ3v) is 2.53. The van der Waals surface area contributed by atoms with Crippen LogP contribution in [0.2, 0.25) is 0 Å². The number of aryl methyl sites for hydroxylation is 1. The Morgan fingerprint density at radius 2 is 2.05 bits per heavy atom. The van der Waals surface area contributed by atoms with E-state index < -0.39 is 0 Å². The molecule has 7 heteroatoms. The number of hydrogen-bond donors (Lipinski definition) is 1. The fourth-order valence-corrected chi connectivity index (χ4v) is 1.68. The van der Waals surface area contributed by atoms with Crippen LogP contribution in [0, 0.1) is 6.92 Å². The lowest BCUT2D eigenvalue weighted by molar-refractivity contribution is 0.438. The number of ether oxygens (including phenoxy) is 1. The minimum Gasteiger partial charge on any atom is -0.424 e. The molecule has 3 rings (SSSR count). The van der Waals surface area contributed by atoms with Crippen LogP contribution in [0.3, 0.4) is 0 Å². The van der Waals surface area contributed by atoms with Gasteiger partial charge in [0.05, 0.1) is 0 Å². The number of nitrogens with two attached hydrogens (primary N) is 1. The van der Waals surface area contributed by atoms with Crippen LogP contribution in [0.5, 0.6) is 11.8 Å². The Kier molecular flexibility index (Phi) is 3.00. The van der Waals surface area contributed by atoms with Crippen molar-refractivity contribution in [1.82, 2.24) is 24.7 Å². The SMILES string of the molecule is Cc1cccc(Oc2nc(N)nc(-n3cccn3)n2)c1. The van der Waals surface area contributed by atoms with Gasteiger partial charge in [-0.2, -0.15) is 20.1 Å². The Morgan fingerprint density at radius 1 is 1.15 bits per heavy atom. The molecular formula is C13H12N6O. The van der Waals surface area contributed by atoms with Crippen molar-refractivity contribution in [2.45, 2.75) is 6.92 Å². The maximum Gasteiger partial charge on any atom is 0.328 e. The van der Waals surface area contributed by atoms with E-state index >= 15 is 0 Å². The van der Waals surface area contributed by atoms with E-state index in [9.17, 15) is 0 Å². The highest BCUT2D eigenvalue weighted by Gasteiger charge is 2.08. The summed E-state index contributed by atoms with van der Waals surface area (Å²) in [7, 11) is 0. The molecule has 2 N–H and O–H groups in total. The van der Waals surface area contributed by atoms with Crippen molar-refractivity contribution in [3.8, 4) is 17.7 Å². The molecule has 0 bridgehead atoms. The van der Waals surface area contributed by atoms with Gasteiger partial charge in [-0.3, -0.25) is 0 Å². The average molecular weight is 268 g/mol. The number of rotatable bonds is 3. The Balaban J connectivity index is 1.94. The zero-order chi connectivity index (χ0) is 13.9. The Labute approximate surface area is 115 Å². The van der Waals surface area contributed by atoms with Crippen molar-refractivity contribution >= 4 is 5.95 Å². The summed E-state index contributed by atoms with van der Waals surface area (Å²) in [6, 6.07) is 9.47. The van der Waals surface area contributed by atoms with Crippen molar-refractivity contribution in [2.75, 3.05) is 5.73 Å². The fourth-order valence-electron chi connectivity index (χ4n) is 1.68. The van der Waals surface area contributed by atoms with Gasteiger partial charge in [-0.15, -0.1) is 0 Å². The fraction of sp³-hybridized carbons (Fsp3) is 0.0769. The molecule has 3 aromatic rings. The lowest BCUT2D eigenvalue weighted by atomic mass is 10.2.